The number of furan rings is 2. The Kier molecular flexibility index (Phi) is 4.35. The van der Waals surface area contributed by atoms with Crippen LogP contribution in [0.1, 0.15) is 23.0 Å². The molecule has 0 radical (unpaired) electrons. The average Bonchev–Trinajstić information content (AvgIpc) is 3.25. The van der Waals surface area contributed by atoms with E-state index in [2.05, 4.69) is 4.72 Å². The molecule has 0 amide bonds. The number of benzene rings is 2. The van der Waals surface area contributed by atoms with Gasteiger partial charge in [0.1, 0.15) is 11.2 Å². The first-order chi connectivity index (χ1) is 13.4. The number of carbonyl (C=O) groups is 1. The number of anilines is 1. The predicted octanol–water partition coefficient (Wildman–Crippen LogP) is 4.46. The quantitative estimate of drug-likeness (QED) is 0.497. The van der Waals surface area contributed by atoms with Crippen LogP contribution in [0.2, 0.25) is 0 Å². The molecule has 0 aliphatic carbocycles. The minimum Gasteiger partial charge on any atom is -0.464 e. The van der Waals surface area contributed by atoms with Crippen molar-refractivity contribution in [3.05, 3.63) is 60.1 Å². The van der Waals surface area contributed by atoms with E-state index < -0.39 is 16.0 Å². The number of hydrogen-bond acceptors (Lipinski definition) is 6. The van der Waals surface area contributed by atoms with Crippen molar-refractivity contribution in [2.24, 2.45) is 0 Å². The van der Waals surface area contributed by atoms with Gasteiger partial charge < -0.3 is 13.6 Å². The molecule has 144 valence electrons. The van der Waals surface area contributed by atoms with Gasteiger partial charge in [0, 0.05) is 22.0 Å². The van der Waals surface area contributed by atoms with E-state index >= 15 is 0 Å². The zero-order valence-corrected chi connectivity index (χ0v) is 16.0. The molecule has 2 aromatic carbocycles. The highest BCUT2D eigenvalue weighted by molar-refractivity contribution is 7.92. The van der Waals surface area contributed by atoms with Gasteiger partial charge in [-0.25, -0.2) is 13.2 Å². The van der Waals surface area contributed by atoms with E-state index in [4.69, 9.17) is 13.6 Å². The van der Waals surface area contributed by atoms with E-state index in [1.165, 1.54) is 18.2 Å². The highest BCUT2D eigenvalue weighted by Crippen LogP contribution is 2.29. The lowest BCUT2D eigenvalue weighted by molar-refractivity contribution is 0.0491. The van der Waals surface area contributed by atoms with Gasteiger partial charge >= 0.3 is 5.97 Å². The van der Waals surface area contributed by atoms with Crippen LogP contribution in [0.4, 0.5) is 5.69 Å². The van der Waals surface area contributed by atoms with Crippen molar-refractivity contribution in [3.8, 4) is 0 Å². The minimum atomic E-state index is -3.83. The highest BCUT2D eigenvalue weighted by atomic mass is 32.2. The second-order valence-corrected chi connectivity index (χ2v) is 7.90. The van der Waals surface area contributed by atoms with Crippen molar-refractivity contribution in [2.45, 2.75) is 18.7 Å². The van der Waals surface area contributed by atoms with Gasteiger partial charge in [-0.3, -0.25) is 4.72 Å². The summed E-state index contributed by atoms with van der Waals surface area (Å²) in [5.74, 6) is -0.503. The van der Waals surface area contributed by atoms with Crippen molar-refractivity contribution in [2.75, 3.05) is 11.3 Å². The van der Waals surface area contributed by atoms with Gasteiger partial charge in [0.15, 0.2) is 0 Å². The Balaban J connectivity index is 1.70. The Morgan fingerprint density at radius 1 is 1.11 bits per heavy atom. The zero-order valence-electron chi connectivity index (χ0n) is 15.2. The van der Waals surface area contributed by atoms with Crippen molar-refractivity contribution < 1.29 is 26.8 Å². The van der Waals surface area contributed by atoms with E-state index in [1.54, 1.807) is 44.4 Å². The fourth-order valence-electron chi connectivity index (χ4n) is 3.00. The van der Waals surface area contributed by atoms with E-state index in [0.717, 1.165) is 5.39 Å². The van der Waals surface area contributed by atoms with Crippen molar-refractivity contribution in [3.63, 3.8) is 0 Å². The van der Waals surface area contributed by atoms with Gasteiger partial charge in [-0.15, -0.1) is 0 Å². The Bertz CT molecular complexity index is 1300. The number of rotatable bonds is 5. The van der Waals surface area contributed by atoms with Gasteiger partial charge in [0.05, 0.1) is 17.8 Å². The first-order valence-electron chi connectivity index (χ1n) is 8.59. The fourth-order valence-corrected chi connectivity index (χ4v) is 4.08. The molecule has 8 heteroatoms. The SMILES string of the molecule is CCOC(=O)c1oc2ccc(S(=O)(=O)Nc3ccc4occc4c3)cc2c1C. The van der Waals surface area contributed by atoms with Crippen molar-refractivity contribution in [1.29, 1.82) is 0 Å². The van der Waals surface area contributed by atoms with E-state index in [-0.39, 0.29) is 17.3 Å². The molecule has 4 rings (SSSR count). The average molecular weight is 399 g/mol. The number of ether oxygens (including phenoxy) is 1. The largest absolute Gasteiger partial charge is 0.464 e. The normalized spacial score (nSPS) is 11.8. The van der Waals surface area contributed by atoms with E-state index in [9.17, 15) is 13.2 Å². The van der Waals surface area contributed by atoms with Crippen LogP contribution >= 0.6 is 0 Å². The highest BCUT2D eigenvalue weighted by Gasteiger charge is 2.22. The summed E-state index contributed by atoms with van der Waals surface area (Å²) >= 11 is 0. The van der Waals surface area contributed by atoms with Crippen molar-refractivity contribution >= 4 is 43.6 Å². The van der Waals surface area contributed by atoms with Crippen LogP contribution in [0.5, 0.6) is 0 Å². The predicted molar refractivity (Wildman–Crippen MR) is 104 cm³/mol. The molecular formula is C20H17NO6S. The Morgan fingerprint density at radius 2 is 1.89 bits per heavy atom. The standard InChI is InChI=1S/C20H17NO6S/c1-3-25-20(22)19-12(2)16-11-15(5-7-18(16)27-19)28(23,24)21-14-4-6-17-13(10-14)8-9-26-17/h4-11,21H,3H2,1-2H3. The summed E-state index contributed by atoms with van der Waals surface area (Å²) in [6, 6.07) is 11.2. The molecular weight excluding hydrogens is 382 g/mol. The van der Waals surface area contributed by atoms with Gasteiger partial charge in [-0.1, -0.05) is 0 Å². The zero-order chi connectivity index (χ0) is 19.9. The molecule has 0 saturated heterocycles. The molecule has 0 aliphatic heterocycles. The maximum Gasteiger partial charge on any atom is 0.374 e. The third kappa shape index (κ3) is 3.11. The molecule has 0 saturated carbocycles. The Labute approximate surface area is 160 Å². The Hall–Kier alpha value is -3.26. The number of fused-ring (bicyclic) bond motifs is 2. The van der Waals surface area contributed by atoms with Gasteiger partial charge in [-0.2, -0.15) is 0 Å². The first-order valence-corrected chi connectivity index (χ1v) is 10.1. The van der Waals surface area contributed by atoms with Crippen LogP contribution in [-0.4, -0.2) is 21.0 Å². The van der Waals surface area contributed by atoms with Crippen LogP contribution in [-0.2, 0) is 14.8 Å². The number of carbonyl (C=O) groups excluding carboxylic acids is 1. The Morgan fingerprint density at radius 3 is 2.68 bits per heavy atom. The summed E-state index contributed by atoms with van der Waals surface area (Å²) in [6.07, 6.45) is 1.54. The molecule has 1 N–H and O–H groups in total. The molecule has 0 unspecified atom stereocenters. The first kappa shape index (κ1) is 18.1. The van der Waals surface area contributed by atoms with Gasteiger partial charge in [0.2, 0.25) is 5.76 Å². The molecule has 0 spiro atoms. The second kappa shape index (κ2) is 6.72. The van der Waals surface area contributed by atoms with Gasteiger partial charge in [-0.05, 0) is 56.3 Å². The molecule has 0 bridgehead atoms. The van der Waals surface area contributed by atoms with Gasteiger partial charge in [0.25, 0.3) is 10.0 Å². The van der Waals surface area contributed by atoms with Crippen LogP contribution < -0.4 is 4.72 Å². The third-order valence-corrected chi connectivity index (χ3v) is 5.76. The summed E-state index contributed by atoms with van der Waals surface area (Å²) in [6.45, 7) is 3.61. The molecule has 0 fully saturated rings. The summed E-state index contributed by atoms with van der Waals surface area (Å²) in [5.41, 5.74) is 2.04. The summed E-state index contributed by atoms with van der Waals surface area (Å²) < 4.78 is 44.0. The number of sulfonamides is 1. The molecule has 2 aromatic heterocycles. The van der Waals surface area contributed by atoms with E-state index in [0.29, 0.717) is 27.8 Å². The van der Waals surface area contributed by atoms with Crippen LogP contribution in [0.3, 0.4) is 0 Å². The summed E-state index contributed by atoms with van der Waals surface area (Å²) in [5, 5.41) is 1.33. The number of hydrogen-bond donors (Lipinski definition) is 1. The smallest absolute Gasteiger partial charge is 0.374 e. The molecule has 7 nitrogen and oxygen atoms in total. The monoisotopic (exact) mass is 399 g/mol. The van der Waals surface area contributed by atoms with Crippen LogP contribution in [0.25, 0.3) is 21.9 Å². The lowest BCUT2D eigenvalue weighted by atomic mass is 10.1. The molecule has 0 atom stereocenters. The lowest BCUT2D eigenvalue weighted by Crippen LogP contribution is -2.12. The number of esters is 1. The maximum atomic E-state index is 12.8. The van der Waals surface area contributed by atoms with E-state index in [1.807, 2.05) is 0 Å². The van der Waals surface area contributed by atoms with Crippen LogP contribution in [0, 0.1) is 6.92 Å². The molecule has 0 aliphatic rings. The number of aryl methyl sites for hydroxylation is 1. The summed E-state index contributed by atoms with van der Waals surface area (Å²) in [7, 11) is -3.83. The molecule has 4 aromatic rings. The maximum absolute atomic E-state index is 12.8. The lowest BCUT2D eigenvalue weighted by Gasteiger charge is -2.08. The van der Waals surface area contributed by atoms with Crippen LogP contribution in [0.15, 0.2) is 62.5 Å². The minimum absolute atomic E-state index is 0.0617. The molecule has 28 heavy (non-hydrogen) atoms. The topological polar surface area (TPSA) is 98.8 Å². The molecule has 2 heterocycles. The second-order valence-electron chi connectivity index (χ2n) is 6.21. The fraction of sp³-hybridized carbons (Fsp3) is 0.150. The summed E-state index contributed by atoms with van der Waals surface area (Å²) in [4.78, 5) is 12.1. The third-order valence-electron chi connectivity index (χ3n) is 4.38. The number of nitrogens with one attached hydrogen (secondary N) is 1. The van der Waals surface area contributed by atoms with Crippen molar-refractivity contribution in [1.82, 2.24) is 0 Å².